The summed E-state index contributed by atoms with van der Waals surface area (Å²) in [7, 11) is 1.85. The minimum absolute atomic E-state index is 0.0340. The van der Waals surface area contributed by atoms with Crippen LogP contribution in [0, 0.1) is 13.8 Å². The van der Waals surface area contributed by atoms with E-state index in [9.17, 15) is 4.79 Å². The van der Waals surface area contributed by atoms with E-state index in [0.717, 1.165) is 33.3 Å². The summed E-state index contributed by atoms with van der Waals surface area (Å²) in [6.07, 6.45) is 1.82. The zero-order chi connectivity index (χ0) is 23.8. The molecule has 0 aliphatic heterocycles. The number of aromatic nitrogens is 5. The number of aromatic amines is 1. The zero-order valence-electron chi connectivity index (χ0n) is 19.8. The molecule has 0 fully saturated rings. The summed E-state index contributed by atoms with van der Waals surface area (Å²) >= 11 is 0. The van der Waals surface area contributed by atoms with Crippen LogP contribution in [0.2, 0.25) is 0 Å². The van der Waals surface area contributed by atoms with Crippen LogP contribution in [0.5, 0.6) is 5.75 Å². The summed E-state index contributed by atoms with van der Waals surface area (Å²) < 4.78 is 7.42. The number of nitrogens with one attached hydrogen (secondary N) is 3. The highest BCUT2D eigenvalue weighted by molar-refractivity contribution is 5.87. The van der Waals surface area contributed by atoms with Crippen LogP contribution in [0.15, 0.2) is 36.5 Å². The fourth-order valence-electron chi connectivity index (χ4n) is 3.58. The van der Waals surface area contributed by atoms with Crippen molar-refractivity contribution in [3.63, 3.8) is 0 Å². The highest BCUT2D eigenvalue weighted by atomic mass is 16.5. The number of anilines is 2. The van der Waals surface area contributed by atoms with Gasteiger partial charge in [0.05, 0.1) is 11.7 Å². The minimum Gasteiger partial charge on any atom is -0.484 e. The van der Waals surface area contributed by atoms with Crippen molar-refractivity contribution in [3.05, 3.63) is 47.7 Å². The van der Waals surface area contributed by atoms with E-state index in [2.05, 4.69) is 30.9 Å². The summed E-state index contributed by atoms with van der Waals surface area (Å²) in [5.74, 6) is 1.73. The van der Waals surface area contributed by atoms with E-state index in [-0.39, 0.29) is 18.1 Å². The number of ether oxygens (including phenoxy) is 1. The van der Waals surface area contributed by atoms with Crippen molar-refractivity contribution < 1.29 is 9.53 Å². The van der Waals surface area contributed by atoms with Gasteiger partial charge in [0.25, 0.3) is 5.91 Å². The molecule has 0 aliphatic rings. The third-order valence-electron chi connectivity index (χ3n) is 5.21. The van der Waals surface area contributed by atoms with E-state index < -0.39 is 0 Å². The number of rotatable bonds is 6. The van der Waals surface area contributed by atoms with Gasteiger partial charge in [-0.2, -0.15) is 10.1 Å². The van der Waals surface area contributed by atoms with Crippen LogP contribution in [0.1, 0.15) is 31.9 Å². The molecule has 4 aromatic rings. The lowest BCUT2D eigenvalue weighted by Crippen LogP contribution is -2.43. The number of aryl methyl sites for hydroxylation is 3. The molecule has 0 saturated heterocycles. The fraction of sp³-hybridized carbons (Fsp3) is 0.333. The van der Waals surface area contributed by atoms with Crippen LogP contribution in [-0.2, 0) is 11.8 Å². The Hall–Kier alpha value is -3.88. The summed E-state index contributed by atoms with van der Waals surface area (Å²) in [6.45, 7) is 9.75. The fourth-order valence-corrected chi connectivity index (χ4v) is 3.58. The molecule has 0 saturated carbocycles. The average molecular weight is 448 g/mol. The summed E-state index contributed by atoms with van der Waals surface area (Å²) in [4.78, 5) is 16.7. The number of nitrogens with zero attached hydrogens (tertiary/aromatic N) is 4. The van der Waals surface area contributed by atoms with Gasteiger partial charge in [0.15, 0.2) is 12.4 Å². The number of benzene rings is 2. The normalized spacial score (nSPS) is 11.6. The van der Waals surface area contributed by atoms with Gasteiger partial charge in [-0.05, 0) is 76.1 Å². The van der Waals surface area contributed by atoms with Gasteiger partial charge in [0, 0.05) is 29.2 Å². The first-order chi connectivity index (χ1) is 15.6. The molecular formula is C24H29N7O2. The molecule has 0 aliphatic carbocycles. The first kappa shape index (κ1) is 22.3. The molecule has 0 radical (unpaired) electrons. The highest BCUT2D eigenvalue weighted by Crippen LogP contribution is 2.28. The monoisotopic (exact) mass is 447 g/mol. The Labute approximate surface area is 192 Å². The van der Waals surface area contributed by atoms with Gasteiger partial charge in [-0.1, -0.05) is 0 Å². The maximum Gasteiger partial charge on any atom is 0.258 e. The van der Waals surface area contributed by atoms with E-state index >= 15 is 0 Å². The largest absolute Gasteiger partial charge is 0.484 e. The van der Waals surface area contributed by atoms with Gasteiger partial charge in [0.1, 0.15) is 5.75 Å². The van der Waals surface area contributed by atoms with E-state index in [1.54, 1.807) is 4.68 Å². The first-order valence-electron chi connectivity index (χ1n) is 10.8. The molecule has 2 heterocycles. The van der Waals surface area contributed by atoms with Gasteiger partial charge >= 0.3 is 0 Å². The van der Waals surface area contributed by atoms with Gasteiger partial charge in [-0.25, -0.2) is 4.68 Å². The Morgan fingerprint density at radius 3 is 2.70 bits per heavy atom. The number of amides is 1. The molecule has 172 valence electrons. The maximum absolute atomic E-state index is 12.0. The van der Waals surface area contributed by atoms with Crippen LogP contribution in [0.4, 0.5) is 11.6 Å². The van der Waals surface area contributed by atoms with E-state index in [1.165, 1.54) is 0 Å². The maximum atomic E-state index is 12.0. The summed E-state index contributed by atoms with van der Waals surface area (Å²) in [6, 6.07) is 9.68. The highest BCUT2D eigenvalue weighted by Gasteiger charge is 2.16. The molecule has 33 heavy (non-hydrogen) atoms. The molecule has 1 amide bonds. The Bertz CT molecular complexity index is 1310. The van der Waals surface area contributed by atoms with Crippen LogP contribution in [-0.4, -0.2) is 43.0 Å². The molecule has 2 aromatic carbocycles. The van der Waals surface area contributed by atoms with Crippen molar-refractivity contribution in [3.8, 4) is 17.1 Å². The Kier molecular flexibility index (Phi) is 5.80. The molecule has 4 rings (SSSR count). The molecule has 0 spiro atoms. The predicted octanol–water partition coefficient (Wildman–Crippen LogP) is 4.01. The smallest absolute Gasteiger partial charge is 0.258 e. The SMILES string of the molecule is Cc1cc(-c2nc(Nc3ccc4[nH]ncc4c3C)n(C)n2)ccc1OCC(=O)NC(C)(C)C. The van der Waals surface area contributed by atoms with Gasteiger partial charge in [-0.15, -0.1) is 5.10 Å². The third kappa shape index (κ3) is 4.97. The Morgan fingerprint density at radius 2 is 1.97 bits per heavy atom. The number of hydrogen-bond acceptors (Lipinski definition) is 6. The second-order valence-corrected chi connectivity index (χ2v) is 9.14. The van der Waals surface area contributed by atoms with Gasteiger partial charge in [0.2, 0.25) is 5.95 Å². The molecule has 9 nitrogen and oxygen atoms in total. The van der Waals surface area contributed by atoms with E-state index in [1.807, 2.05) is 78.2 Å². The molecule has 9 heteroatoms. The Morgan fingerprint density at radius 1 is 1.18 bits per heavy atom. The minimum atomic E-state index is -0.293. The van der Waals surface area contributed by atoms with Crippen LogP contribution < -0.4 is 15.4 Å². The lowest BCUT2D eigenvalue weighted by molar-refractivity contribution is -0.124. The van der Waals surface area contributed by atoms with Crippen LogP contribution in [0.25, 0.3) is 22.3 Å². The number of carbonyl (C=O) groups is 1. The van der Waals surface area contributed by atoms with Crippen molar-refractivity contribution in [2.75, 3.05) is 11.9 Å². The quantitative estimate of drug-likeness (QED) is 0.412. The molecule has 3 N–H and O–H groups in total. The van der Waals surface area contributed by atoms with Crippen molar-refractivity contribution >= 4 is 28.4 Å². The number of hydrogen-bond donors (Lipinski definition) is 3. The summed E-state index contributed by atoms with van der Waals surface area (Å²) in [5.41, 5.74) is 4.49. The number of carbonyl (C=O) groups excluding carboxylic acids is 1. The van der Waals surface area contributed by atoms with Crippen LogP contribution in [0.3, 0.4) is 0 Å². The van der Waals surface area contributed by atoms with E-state index in [4.69, 9.17) is 4.74 Å². The van der Waals surface area contributed by atoms with Crippen LogP contribution >= 0.6 is 0 Å². The molecule has 0 atom stereocenters. The Balaban J connectivity index is 1.49. The van der Waals surface area contributed by atoms with Crippen molar-refractivity contribution in [1.29, 1.82) is 0 Å². The zero-order valence-corrected chi connectivity index (χ0v) is 19.8. The topological polar surface area (TPSA) is 110 Å². The van der Waals surface area contributed by atoms with Gasteiger partial charge in [-0.3, -0.25) is 9.89 Å². The molecular weight excluding hydrogens is 418 g/mol. The van der Waals surface area contributed by atoms with E-state index in [0.29, 0.717) is 17.5 Å². The third-order valence-corrected chi connectivity index (χ3v) is 5.21. The van der Waals surface area contributed by atoms with Crippen molar-refractivity contribution in [2.24, 2.45) is 7.05 Å². The lowest BCUT2D eigenvalue weighted by Gasteiger charge is -2.20. The standard InChI is InChI=1S/C24H29N7O2/c1-14-11-16(7-10-20(14)33-13-21(32)28-24(3,4)5)22-27-23(31(6)30-22)26-18-8-9-19-17(15(18)2)12-25-29-19/h7-12H,13H2,1-6H3,(H,25,29)(H,28,32)(H,26,27,30). The van der Waals surface area contributed by atoms with Crippen molar-refractivity contribution in [1.82, 2.24) is 30.3 Å². The molecule has 0 unspecified atom stereocenters. The van der Waals surface area contributed by atoms with Crippen molar-refractivity contribution in [2.45, 2.75) is 40.2 Å². The summed E-state index contributed by atoms with van der Waals surface area (Å²) in [5, 5.41) is 19.0. The number of H-pyrrole nitrogens is 1. The predicted molar refractivity (Wildman–Crippen MR) is 129 cm³/mol. The second kappa shape index (κ2) is 8.57. The second-order valence-electron chi connectivity index (χ2n) is 9.14. The molecule has 0 bridgehead atoms. The lowest BCUT2D eigenvalue weighted by atomic mass is 10.1. The average Bonchev–Trinajstić information content (AvgIpc) is 3.35. The first-order valence-corrected chi connectivity index (χ1v) is 10.8. The molecule has 2 aromatic heterocycles. The number of fused-ring (bicyclic) bond motifs is 1. The van der Waals surface area contributed by atoms with Gasteiger partial charge < -0.3 is 15.4 Å².